The fourth-order valence-corrected chi connectivity index (χ4v) is 1.28. The summed E-state index contributed by atoms with van der Waals surface area (Å²) in [4.78, 5) is 13.3. The second-order valence-corrected chi connectivity index (χ2v) is 4.09. The molecule has 0 saturated carbocycles. The fourth-order valence-electron chi connectivity index (χ4n) is 0.639. The van der Waals surface area contributed by atoms with E-state index in [1.54, 1.807) is 8.93 Å². The molecule has 0 amide bonds. The highest BCUT2D eigenvalue weighted by Crippen LogP contribution is 2.47. The van der Waals surface area contributed by atoms with Gasteiger partial charge in [0.05, 0.1) is 0 Å². The van der Waals surface area contributed by atoms with E-state index < -0.39 is 14.1 Å². The van der Waals surface area contributed by atoms with Gasteiger partial charge in [-0.25, -0.2) is 0 Å². The first-order valence-corrected chi connectivity index (χ1v) is 6.36. The highest BCUT2D eigenvalue weighted by atomic mass is 32.0. The molecule has 0 aromatic heterocycles. The molecule has 0 aromatic rings. The average Bonchev–Trinajstić information content (AvgIpc) is 2.02. The van der Waals surface area contributed by atoms with Gasteiger partial charge in [-0.15, -0.1) is 0 Å². The summed E-state index contributed by atoms with van der Waals surface area (Å²) in [7, 11) is -0.397. The van der Waals surface area contributed by atoms with Crippen LogP contribution in [0, 0.1) is 0 Å². The third-order valence-electron chi connectivity index (χ3n) is 1.14. The Hall–Kier alpha value is -0.430. The normalized spacial score (nSPS) is 11.5. The van der Waals surface area contributed by atoms with E-state index in [9.17, 15) is 8.99 Å². The van der Waals surface area contributed by atoms with Crippen LogP contribution in [0.15, 0.2) is 5.11 Å². The Morgan fingerprint density at radius 3 is 2.92 bits per heavy atom. The molecule has 13 heavy (non-hydrogen) atoms. The van der Waals surface area contributed by atoms with Crippen molar-refractivity contribution in [2.24, 2.45) is 5.11 Å². The molecule has 0 heterocycles. The number of azide groups is 1. The first-order chi connectivity index (χ1) is 6.16. The number of unbranched alkanes of at least 4 members (excludes halogenated alkanes) is 1. The van der Waals surface area contributed by atoms with Crippen molar-refractivity contribution in [3.05, 3.63) is 10.4 Å². The Bertz CT molecular complexity index is 208. The predicted molar refractivity (Wildman–Crippen MR) is 51.7 cm³/mol. The van der Waals surface area contributed by atoms with Crippen molar-refractivity contribution in [1.82, 2.24) is 0 Å². The molecule has 0 aliphatic carbocycles. The second-order valence-electron chi connectivity index (χ2n) is 2.15. The first-order valence-electron chi connectivity index (χ1n) is 3.59. The summed E-state index contributed by atoms with van der Waals surface area (Å²) in [6.45, 7) is 0.356. The Balaban J connectivity index is 3.32. The summed E-state index contributed by atoms with van der Waals surface area (Å²) in [5.74, 6) is -0.551. The lowest BCUT2D eigenvalue weighted by molar-refractivity contribution is -0.133. The maximum atomic E-state index is 12.1. The third kappa shape index (κ3) is 9.48. The summed E-state index contributed by atoms with van der Waals surface area (Å²) in [5, 5.41) is 3.28. The number of hydrogen-bond acceptors (Lipinski definition) is 3. The molecular formula is C5H10FN3O2P2. The quantitative estimate of drug-likeness (QED) is 0.229. The molecule has 0 fully saturated rings. The topological polar surface area (TPSA) is 75.1 Å². The van der Waals surface area contributed by atoms with E-state index in [1.807, 2.05) is 0 Å². The molecule has 0 rings (SSSR count). The maximum Gasteiger partial charge on any atom is 0.310 e. The van der Waals surface area contributed by atoms with Crippen LogP contribution in [-0.2, 0) is 9.32 Å². The Morgan fingerprint density at radius 1 is 1.69 bits per heavy atom. The van der Waals surface area contributed by atoms with E-state index in [2.05, 4.69) is 14.5 Å². The fraction of sp³-hybridized carbons (Fsp3) is 0.800. The molecule has 8 heteroatoms. The number of carbonyl (C=O) groups is 1. The molecule has 0 N–H and O–H groups in total. The summed E-state index contributed by atoms with van der Waals surface area (Å²) in [5.41, 5.74) is 7.91. The summed E-state index contributed by atoms with van der Waals surface area (Å²) in [6, 6.07) is 0. The third-order valence-corrected chi connectivity index (χ3v) is 1.84. The molecule has 74 valence electrons. The summed E-state index contributed by atoms with van der Waals surface area (Å²) < 4.78 is 16.4. The molecule has 0 aliphatic heterocycles. The van der Waals surface area contributed by atoms with Crippen molar-refractivity contribution in [3.8, 4) is 0 Å². The lowest BCUT2D eigenvalue weighted by Crippen LogP contribution is -1.97. The number of carbonyl (C=O) groups excluding carboxylic acids is 1. The van der Waals surface area contributed by atoms with Crippen LogP contribution in [0.5, 0.6) is 0 Å². The molecule has 0 aromatic carbocycles. The maximum absolute atomic E-state index is 12.1. The van der Waals surface area contributed by atoms with Crippen LogP contribution < -0.4 is 0 Å². The summed E-state index contributed by atoms with van der Waals surface area (Å²) in [6.07, 6.45) is 1.32. The van der Waals surface area contributed by atoms with Crippen molar-refractivity contribution < 1.29 is 13.5 Å². The zero-order chi connectivity index (χ0) is 10.1. The minimum absolute atomic E-state index is 0.165. The van der Waals surface area contributed by atoms with Crippen LogP contribution in [0.1, 0.15) is 19.3 Å². The van der Waals surface area contributed by atoms with Crippen molar-refractivity contribution in [2.45, 2.75) is 19.3 Å². The van der Waals surface area contributed by atoms with Gasteiger partial charge in [0, 0.05) is 17.9 Å². The predicted octanol–water partition coefficient (Wildman–Crippen LogP) is 3.08. The largest absolute Gasteiger partial charge is 0.410 e. The van der Waals surface area contributed by atoms with E-state index in [1.165, 1.54) is 0 Å². The van der Waals surface area contributed by atoms with Crippen molar-refractivity contribution in [1.29, 1.82) is 0 Å². The molecule has 0 radical (unpaired) electrons. The highest BCUT2D eigenvalue weighted by Gasteiger charge is 2.07. The van der Waals surface area contributed by atoms with Gasteiger partial charge in [-0.05, 0) is 27.3 Å². The van der Waals surface area contributed by atoms with Crippen LogP contribution in [0.25, 0.3) is 10.4 Å². The molecule has 0 bridgehead atoms. The lowest BCUT2D eigenvalue weighted by Gasteiger charge is -2.02. The minimum atomic E-state index is -2.18. The van der Waals surface area contributed by atoms with Crippen molar-refractivity contribution in [3.63, 3.8) is 0 Å². The Labute approximate surface area is 78.7 Å². The molecule has 2 atom stereocenters. The van der Waals surface area contributed by atoms with Gasteiger partial charge >= 0.3 is 5.97 Å². The van der Waals surface area contributed by atoms with Gasteiger partial charge in [-0.2, -0.15) is 4.20 Å². The van der Waals surface area contributed by atoms with Crippen LogP contribution in [-0.4, -0.2) is 12.5 Å². The minimum Gasteiger partial charge on any atom is -0.410 e. The average molecular weight is 225 g/mol. The van der Waals surface area contributed by atoms with Crippen LogP contribution >= 0.6 is 17.1 Å². The molecule has 0 spiro atoms. The van der Waals surface area contributed by atoms with E-state index in [0.29, 0.717) is 19.4 Å². The van der Waals surface area contributed by atoms with Crippen molar-refractivity contribution in [2.75, 3.05) is 6.54 Å². The lowest BCUT2D eigenvalue weighted by atomic mass is 10.2. The van der Waals surface area contributed by atoms with Gasteiger partial charge < -0.3 is 4.52 Å². The number of nitrogens with zero attached hydrogens (tertiary/aromatic N) is 3. The van der Waals surface area contributed by atoms with Gasteiger partial charge in [-0.3, -0.25) is 4.79 Å². The summed E-state index contributed by atoms with van der Waals surface area (Å²) >= 11 is 0. The highest BCUT2D eigenvalue weighted by molar-refractivity contribution is 8.08. The molecule has 0 saturated heterocycles. The van der Waals surface area contributed by atoms with E-state index in [0.717, 1.165) is 0 Å². The first kappa shape index (κ1) is 12.6. The van der Waals surface area contributed by atoms with Gasteiger partial charge in [0.25, 0.3) is 8.15 Å². The monoisotopic (exact) mass is 225 g/mol. The molecule has 5 nitrogen and oxygen atoms in total. The van der Waals surface area contributed by atoms with E-state index in [4.69, 9.17) is 5.53 Å². The van der Waals surface area contributed by atoms with E-state index >= 15 is 0 Å². The molecule has 2 unspecified atom stereocenters. The van der Waals surface area contributed by atoms with Gasteiger partial charge in [0.1, 0.15) is 0 Å². The standard InChI is InChI=1S/C5H10FN3O2P2/c6-13(12)11-5(10)3-1-2-4-8-9-7/h1-4,12H2. The second kappa shape index (κ2) is 8.18. The van der Waals surface area contributed by atoms with Gasteiger partial charge in [-0.1, -0.05) is 5.11 Å². The number of halogens is 1. The molecular weight excluding hydrogens is 215 g/mol. The number of hydrogen-bond donors (Lipinski definition) is 0. The Kier molecular flexibility index (Phi) is 7.91. The van der Waals surface area contributed by atoms with Gasteiger partial charge in [0.2, 0.25) is 0 Å². The number of rotatable bonds is 6. The van der Waals surface area contributed by atoms with Crippen LogP contribution in [0.3, 0.4) is 0 Å². The van der Waals surface area contributed by atoms with Crippen LogP contribution in [0.4, 0.5) is 4.20 Å². The zero-order valence-electron chi connectivity index (χ0n) is 6.89. The van der Waals surface area contributed by atoms with E-state index in [-0.39, 0.29) is 6.42 Å². The molecule has 0 aliphatic rings. The van der Waals surface area contributed by atoms with Crippen LogP contribution in [0.2, 0.25) is 0 Å². The van der Waals surface area contributed by atoms with Gasteiger partial charge in [0.15, 0.2) is 0 Å². The van der Waals surface area contributed by atoms with Crippen molar-refractivity contribution >= 4 is 23.0 Å². The Morgan fingerprint density at radius 2 is 2.38 bits per heavy atom. The smallest absolute Gasteiger partial charge is 0.310 e. The zero-order valence-corrected chi connectivity index (χ0v) is 8.94. The SMILES string of the molecule is [N-]=[N+]=NCCCCC(=O)OP(F)P.